The van der Waals surface area contributed by atoms with Crippen LogP contribution in [0, 0.1) is 10.1 Å². The summed E-state index contributed by atoms with van der Waals surface area (Å²) in [6.45, 7) is 2.42. The minimum atomic E-state index is -0.455. The fourth-order valence-electron chi connectivity index (χ4n) is 2.43. The third kappa shape index (κ3) is 3.13. The van der Waals surface area contributed by atoms with Gasteiger partial charge in [-0.15, -0.1) is 0 Å². The molecule has 0 radical (unpaired) electrons. The molecule has 0 aliphatic heterocycles. The molecule has 0 amide bonds. The fraction of sp³-hybridized carbons (Fsp3) is 0.667. The van der Waals surface area contributed by atoms with Crippen LogP contribution in [0.3, 0.4) is 0 Å². The molecule has 0 bridgehead atoms. The molecule has 0 spiro atoms. The van der Waals surface area contributed by atoms with Crippen molar-refractivity contribution in [1.29, 1.82) is 0 Å². The van der Waals surface area contributed by atoms with Gasteiger partial charge in [0.2, 0.25) is 11.6 Å². The van der Waals surface area contributed by atoms with Crippen LogP contribution in [0.5, 0.6) is 0 Å². The van der Waals surface area contributed by atoms with Crippen LogP contribution in [-0.2, 0) is 4.74 Å². The molecule has 1 aromatic rings. The molecule has 1 saturated carbocycles. The second-order valence-corrected chi connectivity index (χ2v) is 4.72. The zero-order chi connectivity index (χ0) is 14.5. The first-order chi connectivity index (χ1) is 9.65. The quantitative estimate of drug-likeness (QED) is 0.605. The summed E-state index contributed by atoms with van der Waals surface area (Å²) in [5.74, 6) is 0.513. The maximum absolute atomic E-state index is 11.2. The van der Waals surface area contributed by atoms with Crippen LogP contribution in [0.25, 0.3) is 0 Å². The van der Waals surface area contributed by atoms with Crippen LogP contribution in [0.2, 0.25) is 0 Å². The number of anilines is 2. The Kier molecular flexibility index (Phi) is 4.67. The summed E-state index contributed by atoms with van der Waals surface area (Å²) < 4.78 is 5.30. The van der Waals surface area contributed by atoms with Gasteiger partial charge in [-0.1, -0.05) is 0 Å². The number of nitrogens with zero attached hydrogens (tertiary/aromatic N) is 3. The van der Waals surface area contributed by atoms with E-state index >= 15 is 0 Å². The summed E-state index contributed by atoms with van der Waals surface area (Å²) in [6, 6.07) is 0.142. The van der Waals surface area contributed by atoms with E-state index in [1.807, 2.05) is 6.92 Å². The van der Waals surface area contributed by atoms with Gasteiger partial charge in [0.25, 0.3) is 0 Å². The highest BCUT2D eigenvalue weighted by Gasteiger charge is 2.29. The fourth-order valence-corrected chi connectivity index (χ4v) is 2.43. The highest BCUT2D eigenvalue weighted by atomic mass is 16.6. The highest BCUT2D eigenvalue weighted by molar-refractivity contribution is 5.69. The van der Waals surface area contributed by atoms with Crippen molar-refractivity contribution in [2.45, 2.75) is 38.3 Å². The summed E-state index contributed by atoms with van der Waals surface area (Å²) >= 11 is 0. The zero-order valence-electron chi connectivity index (χ0n) is 11.6. The standard InChI is InChI=1S/C12H19N5O3/c1-3-13-11-10(17(18)19)12(15-7-14-11)16-8-4-5-9(6-8)20-2/h7-9H,3-6H2,1-2H3,(H2,13,14,15,16). The molecule has 1 heterocycles. The van der Waals surface area contributed by atoms with E-state index < -0.39 is 4.92 Å². The minimum absolute atomic E-state index is 0.102. The molecule has 2 rings (SSSR count). The molecule has 1 aliphatic rings. The summed E-state index contributed by atoms with van der Waals surface area (Å²) in [6.07, 6.45) is 4.23. The van der Waals surface area contributed by atoms with Crippen LogP contribution >= 0.6 is 0 Å². The van der Waals surface area contributed by atoms with Crippen LogP contribution < -0.4 is 10.6 Å². The van der Waals surface area contributed by atoms with Crippen molar-refractivity contribution in [3.05, 3.63) is 16.4 Å². The first-order valence-corrected chi connectivity index (χ1v) is 6.68. The smallest absolute Gasteiger partial charge is 0.353 e. The van der Waals surface area contributed by atoms with Gasteiger partial charge < -0.3 is 15.4 Å². The highest BCUT2D eigenvalue weighted by Crippen LogP contribution is 2.32. The molecule has 0 saturated heterocycles. The van der Waals surface area contributed by atoms with Gasteiger partial charge in [0, 0.05) is 19.7 Å². The zero-order valence-corrected chi connectivity index (χ0v) is 11.6. The number of hydrogen-bond acceptors (Lipinski definition) is 7. The van der Waals surface area contributed by atoms with Crippen molar-refractivity contribution in [3.8, 4) is 0 Å². The van der Waals surface area contributed by atoms with E-state index in [2.05, 4.69) is 20.6 Å². The number of rotatable bonds is 6. The molecule has 1 aromatic heterocycles. The van der Waals surface area contributed by atoms with E-state index in [4.69, 9.17) is 4.74 Å². The van der Waals surface area contributed by atoms with Crippen LogP contribution in [0.15, 0.2) is 6.33 Å². The van der Waals surface area contributed by atoms with Crippen molar-refractivity contribution < 1.29 is 9.66 Å². The molecule has 1 fully saturated rings. The third-order valence-electron chi connectivity index (χ3n) is 3.41. The first-order valence-electron chi connectivity index (χ1n) is 6.68. The van der Waals surface area contributed by atoms with E-state index in [0.29, 0.717) is 6.54 Å². The maximum Gasteiger partial charge on any atom is 0.353 e. The van der Waals surface area contributed by atoms with Gasteiger partial charge in [0.1, 0.15) is 6.33 Å². The molecule has 0 aromatic carbocycles. The molecule has 8 heteroatoms. The number of ether oxygens (including phenoxy) is 1. The van der Waals surface area contributed by atoms with Crippen molar-refractivity contribution in [2.24, 2.45) is 0 Å². The van der Waals surface area contributed by atoms with Gasteiger partial charge in [0.05, 0.1) is 11.0 Å². The van der Waals surface area contributed by atoms with Gasteiger partial charge >= 0.3 is 5.69 Å². The minimum Gasteiger partial charge on any atom is -0.381 e. The Balaban J connectivity index is 2.18. The summed E-state index contributed by atoms with van der Waals surface area (Å²) in [4.78, 5) is 18.7. The van der Waals surface area contributed by atoms with E-state index in [0.717, 1.165) is 19.3 Å². The van der Waals surface area contributed by atoms with Gasteiger partial charge in [-0.05, 0) is 26.2 Å². The Labute approximate surface area is 117 Å². The summed E-state index contributed by atoms with van der Waals surface area (Å²) in [5.41, 5.74) is -0.102. The summed E-state index contributed by atoms with van der Waals surface area (Å²) in [5, 5.41) is 17.3. The van der Waals surface area contributed by atoms with Crippen LogP contribution in [0.1, 0.15) is 26.2 Å². The largest absolute Gasteiger partial charge is 0.381 e. The lowest BCUT2D eigenvalue weighted by Crippen LogP contribution is -2.19. The second-order valence-electron chi connectivity index (χ2n) is 4.72. The van der Waals surface area contributed by atoms with E-state index in [1.165, 1.54) is 6.33 Å². The van der Waals surface area contributed by atoms with Crippen LogP contribution in [-0.4, -0.2) is 40.7 Å². The number of nitro groups is 1. The molecule has 8 nitrogen and oxygen atoms in total. The Morgan fingerprint density at radius 2 is 2.20 bits per heavy atom. The Morgan fingerprint density at radius 1 is 1.45 bits per heavy atom. The Hall–Kier alpha value is -1.96. The summed E-state index contributed by atoms with van der Waals surface area (Å²) in [7, 11) is 1.68. The lowest BCUT2D eigenvalue weighted by molar-refractivity contribution is -0.383. The molecule has 20 heavy (non-hydrogen) atoms. The molecular formula is C12H19N5O3. The molecule has 110 valence electrons. The monoisotopic (exact) mass is 281 g/mol. The maximum atomic E-state index is 11.2. The average molecular weight is 281 g/mol. The Bertz CT molecular complexity index is 482. The molecule has 2 unspecified atom stereocenters. The van der Waals surface area contributed by atoms with Crippen molar-refractivity contribution in [3.63, 3.8) is 0 Å². The third-order valence-corrected chi connectivity index (χ3v) is 3.41. The lowest BCUT2D eigenvalue weighted by atomic mass is 10.2. The predicted molar refractivity (Wildman–Crippen MR) is 74.9 cm³/mol. The molecule has 2 atom stereocenters. The predicted octanol–water partition coefficient (Wildman–Crippen LogP) is 1.80. The lowest BCUT2D eigenvalue weighted by Gasteiger charge is -2.14. The first kappa shape index (κ1) is 14.4. The number of aromatic nitrogens is 2. The van der Waals surface area contributed by atoms with Gasteiger partial charge in [-0.2, -0.15) is 0 Å². The number of nitrogens with one attached hydrogen (secondary N) is 2. The van der Waals surface area contributed by atoms with E-state index in [-0.39, 0.29) is 29.5 Å². The van der Waals surface area contributed by atoms with E-state index in [1.54, 1.807) is 7.11 Å². The topological polar surface area (TPSA) is 102 Å². The van der Waals surface area contributed by atoms with Crippen LogP contribution in [0.4, 0.5) is 17.3 Å². The van der Waals surface area contributed by atoms with Crippen molar-refractivity contribution in [1.82, 2.24) is 9.97 Å². The molecule has 2 N–H and O–H groups in total. The average Bonchev–Trinajstić information content (AvgIpc) is 2.86. The van der Waals surface area contributed by atoms with Crippen molar-refractivity contribution >= 4 is 17.3 Å². The number of hydrogen-bond donors (Lipinski definition) is 2. The van der Waals surface area contributed by atoms with Gasteiger partial charge in [-0.25, -0.2) is 9.97 Å². The second kappa shape index (κ2) is 6.47. The van der Waals surface area contributed by atoms with E-state index in [9.17, 15) is 10.1 Å². The Morgan fingerprint density at radius 3 is 2.80 bits per heavy atom. The van der Waals surface area contributed by atoms with Gasteiger partial charge in [-0.3, -0.25) is 10.1 Å². The number of methoxy groups -OCH3 is 1. The molecular weight excluding hydrogens is 262 g/mol. The normalized spacial score (nSPS) is 21.7. The molecule has 1 aliphatic carbocycles. The van der Waals surface area contributed by atoms with Gasteiger partial charge in [0.15, 0.2) is 0 Å². The SMILES string of the molecule is CCNc1ncnc(NC2CCC(OC)C2)c1[N+](=O)[O-]. The van der Waals surface area contributed by atoms with Crippen molar-refractivity contribution in [2.75, 3.05) is 24.3 Å².